The van der Waals surface area contributed by atoms with Crippen molar-refractivity contribution < 1.29 is 87.9 Å². The third-order valence-corrected chi connectivity index (χ3v) is 2.44. The smallest absolute Gasteiger partial charge is 0.453 e. The van der Waals surface area contributed by atoms with Crippen LogP contribution in [0.15, 0.2) is 24.3 Å². The fourth-order valence-electron chi connectivity index (χ4n) is 1.25. The molecule has 0 spiro atoms. The van der Waals surface area contributed by atoms with Crippen LogP contribution in [0.25, 0.3) is 0 Å². The molecule has 0 saturated carbocycles. The Morgan fingerprint density at radius 1 is 1.00 bits per heavy atom. The topological polar surface area (TPSA) is 61.6 Å². The van der Waals surface area contributed by atoms with Crippen molar-refractivity contribution >= 4 is 5.69 Å². The molecule has 1 aromatic rings. The van der Waals surface area contributed by atoms with Crippen molar-refractivity contribution in [2.24, 2.45) is 0 Å². The summed E-state index contributed by atoms with van der Waals surface area (Å²) in [6, 6.07) is 2.33. The molecule has 0 bridgehead atoms. The van der Waals surface area contributed by atoms with Gasteiger partial charge in [-0.05, 0) is 6.07 Å². The van der Waals surface area contributed by atoms with Gasteiger partial charge in [-0.3, -0.25) is 10.1 Å². The molecule has 0 heterocycles. The maximum Gasteiger partial charge on any atom is 1.00 e. The van der Waals surface area contributed by atoms with E-state index in [1.54, 1.807) is 0 Å². The van der Waals surface area contributed by atoms with Crippen LogP contribution < -0.4 is 34.3 Å². The Morgan fingerprint density at radius 3 is 1.96 bits per heavy atom. The van der Waals surface area contributed by atoms with Crippen molar-refractivity contribution in [2.75, 3.05) is 0 Å². The van der Waals surface area contributed by atoms with Gasteiger partial charge in [0.25, 0.3) is 5.69 Å². The number of hydrogen-bond acceptors (Lipinski definition) is 4. The summed E-state index contributed by atoms with van der Waals surface area (Å²) in [7, 11) is 0. The number of halogens is 10. The van der Waals surface area contributed by atoms with Gasteiger partial charge in [-0.15, -0.1) is 0 Å². The van der Waals surface area contributed by atoms with Gasteiger partial charge < -0.3 is 13.9 Å². The average molecular weight is 427 g/mol. The third kappa shape index (κ3) is 5.83. The molecule has 0 aliphatic heterocycles. The Morgan fingerprint density at radius 2 is 1.52 bits per heavy atom. The number of hydrogen-bond donors (Lipinski definition) is 0. The molecule has 16 heteroatoms. The maximum absolute atomic E-state index is 13.3. The molecule has 5 nitrogen and oxygen atoms in total. The number of benzene rings is 1. The number of ether oxygens (including phenoxy) is 2. The second-order valence-corrected chi connectivity index (χ2v) is 4.34. The largest absolute Gasteiger partial charge is 1.00 e. The quantitative estimate of drug-likeness (QED) is 0.219. The summed E-state index contributed by atoms with van der Waals surface area (Å²) >= 11 is 0. The predicted octanol–water partition coefficient (Wildman–Crippen LogP) is 1.84. The van der Waals surface area contributed by atoms with E-state index in [1.165, 1.54) is 0 Å². The van der Waals surface area contributed by atoms with E-state index in [0.29, 0.717) is 6.07 Å². The first kappa shape index (κ1) is 25.7. The first-order valence-corrected chi connectivity index (χ1v) is 5.87. The van der Waals surface area contributed by atoms with E-state index in [9.17, 15) is 54.0 Å². The summed E-state index contributed by atoms with van der Waals surface area (Å²) in [6.07, 6.45) is -23.1. The van der Waals surface area contributed by atoms with E-state index in [0.717, 1.165) is 12.1 Å². The van der Waals surface area contributed by atoms with E-state index in [1.807, 2.05) is 0 Å². The zero-order valence-corrected chi connectivity index (χ0v) is 14.7. The molecule has 0 aliphatic rings. The molecule has 1 aromatic carbocycles. The van der Waals surface area contributed by atoms with Gasteiger partial charge >= 0.3 is 53.9 Å². The van der Waals surface area contributed by atoms with Crippen LogP contribution in [0.3, 0.4) is 0 Å². The van der Waals surface area contributed by atoms with Gasteiger partial charge in [0.15, 0.2) is 0 Å². The molecule has 27 heavy (non-hydrogen) atoms. The summed E-state index contributed by atoms with van der Waals surface area (Å²) in [5.41, 5.74) is -0.867. The molecule has 148 valence electrons. The SMILES string of the molecule is O=[N+]([O-])c1cccc(OC(F)(F)[C-](F)OC(F)(F)C(F)(F)C(F)(F)F)c1.[Na+]. The molecule has 0 fully saturated rings. The normalized spacial score (nSPS) is 13.3. The zero-order chi connectivity index (χ0) is 20.6. The van der Waals surface area contributed by atoms with E-state index in [4.69, 9.17) is 0 Å². The van der Waals surface area contributed by atoms with Crippen LogP contribution in [0.4, 0.5) is 49.6 Å². The van der Waals surface area contributed by atoms with Crippen LogP contribution in [0, 0.1) is 16.5 Å². The second-order valence-electron chi connectivity index (χ2n) is 4.34. The van der Waals surface area contributed by atoms with Gasteiger partial charge in [-0.2, -0.15) is 39.5 Å². The van der Waals surface area contributed by atoms with Crippen LogP contribution in [0.2, 0.25) is 0 Å². The second kappa shape index (κ2) is 8.36. The van der Waals surface area contributed by atoms with Gasteiger partial charge in [-0.25, -0.2) is 0 Å². The van der Waals surface area contributed by atoms with E-state index < -0.39 is 47.0 Å². The van der Waals surface area contributed by atoms with Gasteiger partial charge in [0.1, 0.15) is 5.75 Å². The Hall–Kier alpha value is -1.32. The summed E-state index contributed by atoms with van der Waals surface area (Å²) in [6.45, 7) is 0. The predicted molar refractivity (Wildman–Crippen MR) is 60.1 cm³/mol. The maximum atomic E-state index is 13.3. The molecule has 1 rings (SSSR count). The van der Waals surface area contributed by atoms with Crippen molar-refractivity contribution in [3.05, 3.63) is 40.7 Å². The van der Waals surface area contributed by atoms with E-state index in [2.05, 4.69) is 9.47 Å². The van der Waals surface area contributed by atoms with Crippen molar-refractivity contribution in [1.29, 1.82) is 0 Å². The van der Waals surface area contributed by atoms with E-state index in [-0.39, 0.29) is 35.6 Å². The Kier molecular flexibility index (Phi) is 7.95. The van der Waals surface area contributed by atoms with Gasteiger partial charge in [0, 0.05) is 6.07 Å². The minimum atomic E-state index is -7.01. The fraction of sp³-hybridized carbons (Fsp3) is 0.364. The molecule has 0 saturated heterocycles. The Balaban J connectivity index is 0.00000676. The average Bonchev–Trinajstić information content (AvgIpc) is 2.45. The number of nitro groups is 1. The van der Waals surface area contributed by atoms with Gasteiger partial charge in [0.2, 0.25) is 0 Å². The molecule has 0 atom stereocenters. The molecule has 0 N–H and O–H groups in total. The summed E-state index contributed by atoms with van der Waals surface area (Å²) in [5, 5.41) is 10.4. The standard InChI is InChI=1S/C11H4F10NO4.Na/c12-7(26-11(20,21)9(15,16)10(17,18)19)8(13,14)25-6-3-1-2-5(4-6)22(23)24;/h1-4H;/q-1;+1. The van der Waals surface area contributed by atoms with Crippen LogP contribution in [-0.2, 0) is 4.74 Å². The Bertz CT molecular complexity index is 669. The molecule has 0 unspecified atom stereocenters. The molecule has 0 aliphatic carbocycles. The van der Waals surface area contributed by atoms with Crippen molar-refractivity contribution in [3.8, 4) is 5.75 Å². The van der Waals surface area contributed by atoms with Gasteiger partial charge in [0.05, 0.1) is 17.3 Å². The van der Waals surface area contributed by atoms with E-state index >= 15 is 0 Å². The summed E-state index contributed by atoms with van der Waals surface area (Å²) in [5.74, 6) is -8.22. The number of nitro benzene ring substituents is 1. The first-order valence-electron chi connectivity index (χ1n) is 5.87. The number of rotatable bonds is 7. The van der Waals surface area contributed by atoms with Gasteiger partial charge in [-0.1, -0.05) is 6.07 Å². The summed E-state index contributed by atoms with van der Waals surface area (Å²) in [4.78, 5) is 9.30. The number of non-ortho nitro benzene ring substituents is 1. The molecule has 0 amide bonds. The minimum Gasteiger partial charge on any atom is -0.453 e. The van der Waals surface area contributed by atoms with Crippen molar-refractivity contribution in [2.45, 2.75) is 24.3 Å². The molecular weight excluding hydrogens is 423 g/mol. The number of alkyl halides is 9. The minimum absolute atomic E-state index is 0. The zero-order valence-electron chi connectivity index (χ0n) is 12.7. The van der Waals surface area contributed by atoms with Crippen molar-refractivity contribution in [1.82, 2.24) is 0 Å². The summed E-state index contributed by atoms with van der Waals surface area (Å²) < 4.78 is 131. The monoisotopic (exact) mass is 427 g/mol. The van der Waals surface area contributed by atoms with Crippen LogP contribution >= 0.6 is 0 Å². The third-order valence-electron chi connectivity index (χ3n) is 2.44. The van der Waals surface area contributed by atoms with Crippen LogP contribution in [0.5, 0.6) is 5.75 Å². The molecular formula is C11H4F10NNaO4. The van der Waals surface area contributed by atoms with Crippen LogP contribution in [-0.4, -0.2) is 29.2 Å². The molecule has 0 radical (unpaired) electrons. The number of nitrogens with zero attached hydrogens (tertiary/aromatic N) is 1. The molecule has 0 aromatic heterocycles. The van der Waals surface area contributed by atoms with Crippen LogP contribution in [0.1, 0.15) is 0 Å². The van der Waals surface area contributed by atoms with Crippen molar-refractivity contribution in [3.63, 3.8) is 0 Å². The first-order chi connectivity index (χ1) is 11.5. The Labute approximate surface area is 164 Å². The fourth-order valence-corrected chi connectivity index (χ4v) is 1.25.